The number of anilines is 1. The second-order valence-corrected chi connectivity index (χ2v) is 9.07. The summed E-state index contributed by atoms with van der Waals surface area (Å²) in [4.78, 5) is 12.6. The smallest absolute Gasteiger partial charge is 0.264 e. The Balaban J connectivity index is 1.87. The van der Waals surface area contributed by atoms with E-state index in [0.717, 1.165) is 17.1 Å². The normalized spacial score (nSPS) is 16.7. The minimum absolute atomic E-state index is 0.0396. The zero-order valence-electron chi connectivity index (χ0n) is 15.0. The summed E-state index contributed by atoms with van der Waals surface area (Å²) in [5, 5.41) is 3.25. The van der Waals surface area contributed by atoms with Gasteiger partial charge in [-0.25, -0.2) is 8.42 Å². The molecule has 1 amide bonds. The first-order chi connectivity index (χ1) is 13.4. The molecule has 9 heteroatoms. The minimum atomic E-state index is -4.01. The maximum Gasteiger partial charge on any atom is 0.264 e. The van der Waals surface area contributed by atoms with Crippen LogP contribution in [-0.4, -0.2) is 40.1 Å². The van der Waals surface area contributed by atoms with E-state index in [1.807, 2.05) is 0 Å². The summed E-state index contributed by atoms with van der Waals surface area (Å²) in [6.07, 6.45) is 1.78. The molecule has 0 spiro atoms. The molecular formula is C19H20Cl2N2O4S. The summed E-state index contributed by atoms with van der Waals surface area (Å²) in [5.74, 6) is -0.443. The van der Waals surface area contributed by atoms with Gasteiger partial charge in [-0.15, -0.1) is 0 Å². The van der Waals surface area contributed by atoms with Gasteiger partial charge in [-0.2, -0.15) is 0 Å². The fourth-order valence-corrected chi connectivity index (χ4v) is 4.94. The number of nitrogens with zero attached hydrogens (tertiary/aromatic N) is 1. The number of hydrogen-bond donors (Lipinski definition) is 1. The summed E-state index contributed by atoms with van der Waals surface area (Å²) >= 11 is 12.2. The molecule has 0 radical (unpaired) electrons. The second-order valence-electron chi connectivity index (χ2n) is 6.36. The van der Waals surface area contributed by atoms with E-state index in [1.54, 1.807) is 18.2 Å². The zero-order chi connectivity index (χ0) is 20.1. The Morgan fingerprint density at radius 2 is 1.93 bits per heavy atom. The van der Waals surface area contributed by atoms with Crippen molar-refractivity contribution in [1.29, 1.82) is 0 Å². The van der Waals surface area contributed by atoms with Gasteiger partial charge in [0.05, 0.1) is 21.7 Å². The molecule has 6 nitrogen and oxygen atoms in total. The molecule has 1 heterocycles. The number of carbonyl (C=O) groups excluding carboxylic acids is 1. The van der Waals surface area contributed by atoms with Gasteiger partial charge in [0.25, 0.3) is 10.0 Å². The van der Waals surface area contributed by atoms with Crippen molar-refractivity contribution < 1.29 is 17.9 Å². The molecule has 1 N–H and O–H groups in total. The van der Waals surface area contributed by atoms with Crippen LogP contribution < -0.4 is 9.62 Å². The van der Waals surface area contributed by atoms with Crippen LogP contribution in [0.1, 0.15) is 12.8 Å². The lowest BCUT2D eigenvalue weighted by Gasteiger charge is -2.25. The number of halogens is 2. The molecule has 1 aliphatic rings. The highest BCUT2D eigenvalue weighted by molar-refractivity contribution is 7.92. The standard InChI is InChI=1S/C19H20Cl2N2O4S/c20-14-8-9-18(17(21)11-14)23(28(25,26)16-6-2-1-3-7-16)13-19(24)22-12-15-5-4-10-27-15/h1-3,6-9,11,15H,4-5,10,12-13H2,(H,22,24). The van der Waals surface area contributed by atoms with Crippen molar-refractivity contribution in [2.75, 3.05) is 24.0 Å². The molecule has 1 unspecified atom stereocenters. The van der Waals surface area contributed by atoms with Crippen LogP contribution in [0.5, 0.6) is 0 Å². The third-order valence-electron chi connectivity index (χ3n) is 4.35. The molecule has 0 aliphatic carbocycles. The molecule has 0 bridgehead atoms. The van der Waals surface area contributed by atoms with Crippen LogP contribution >= 0.6 is 23.2 Å². The van der Waals surface area contributed by atoms with Gasteiger partial charge in [0.15, 0.2) is 0 Å². The molecular weight excluding hydrogens is 423 g/mol. The molecule has 1 aliphatic heterocycles. The number of carbonyl (C=O) groups is 1. The van der Waals surface area contributed by atoms with E-state index >= 15 is 0 Å². The van der Waals surface area contributed by atoms with Gasteiger partial charge in [-0.05, 0) is 43.2 Å². The van der Waals surface area contributed by atoms with Crippen LogP contribution in [0.15, 0.2) is 53.4 Å². The maximum atomic E-state index is 13.2. The summed E-state index contributed by atoms with van der Waals surface area (Å²) in [6, 6.07) is 12.3. The minimum Gasteiger partial charge on any atom is -0.376 e. The predicted octanol–water partition coefficient (Wildman–Crippen LogP) is 3.48. The highest BCUT2D eigenvalue weighted by Crippen LogP contribution is 2.32. The SMILES string of the molecule is O=C(CN(c1ccc(Cl)cc1Cl)S(=O)(=O)c1ccccc1)NCC1CCCO1. The first-order valence-electron chi connectivity index (χ1n) is 8.79. The number of benzene rings is 2. The quantitative estimate of drug-likeness (QED) is 0.711. The molecule has 0 aromatic heterocycles. The number of amides is 1. The first-order valence-corrected chi connectivity index (χ1v) is 11.0. The van der Waals surface area contributed by atoms with Crippen LogP contribution in [0.4, 0.5) is 5.69 Å². The van der Waals surface area contributed by atoms with Crippen molar-refractivity contribution in [3.8, 4) is 0 Å². The van der Waals surface area contributed by atoms with Crippen molar-refractivity contribution >= 4 is 44.8 Å². The topological polar surface area (TPSA) is 75.7 Å². The van der Waals surface area contributed by atoms with Crippen molar-refractivity contribution in [1.82, 2.24) is 5.32 Å². The van der Waals surface area contributed by atoms with Crippen molar-refractivity contribution in [2.24, 2.45) is 0 Å². The fourth-order valence-electron chi connectivity index (χ4n) is 2.92. The highest BCUT2D eigenvalue weighted by atomic mass is 35.5. The van der Waals surface area contributed by atoms with Crippen LogP contribution in [0.25, 0.3) is 0 Å². The molecule has 150 valence electrons. The fraction of sp³-hybridized carbons (Fsp3) is 0.316. The largest absolute Gasteiger partial charge is 0.376 e. The van der Waals surface area contributed by atoms with E-state index in [2.05, 4.69) is 5.32 Å². The van der Waals surface area contributed by atoms with Gasteiger partial charge in [0, 0.05) is 18.2 Å². The lowest BCUT2D eigenvalue weighted by molar-refractivity contribution is -0.120. The molecule has 1 saturated heterocycles. The van der Waals surface area contributed by atoms with Crippen molar-refractivity contribution in [3.63, 3.8) is 0 Å². The van der Waals surface area contributed by atoms with E-state index in [0.29, 0.717) is 18.2 Å². The molecule has 2 aromatic carbocycles. The third kappa shape index (κ3) is 4.97. The Labute approximate surface area is 174 Å². The van der Waals surface area contributed by atoms with E-state index in [4.69, 9.17) is 27.9 Å². The van der Waals surface area contributed by atoms with Crippen molar-refractivity contribution in [3.05, 3.63) is 58.6 Å². The number of sulfonamides is 1. The number of hydrogen-bond acceptors (Lipinski definition) is 4. The monoisotopic (exact) mass is 442 g/mol. The number of nitrogens with one attached hydrogen (secondary N) is 1. The lowest BCUT2D eigenvalue weighted by atomic mass is 10.2. The Hall–Kier alpha value is -1.80. The molecule has 3 rings (SSSR count). The number of ether oxygens (including phenoxy) is 1. The van der Waals surface area contributed by atoms with Crippen molar-refractivity contribution in [2.45, 2.75) is 23.8 Å². The third-order valence-corrected chi connectivity index (χ3v) is 6.66. The summed E-state index contributed by atoms with van der Waals surface area (Å²) in [6.45, 7) is 0.604. The Bertz CT molecular complexity index is 932. The van der Waals surface area contributed by atoms with E-state index in [9.17, 15) is 13.2 Å². The van der Waals surface area contributed by atoms with E-state index in [-0.39, 0.29) is 21.7 Å². The van der Waals surface area contributed by atoms with Gasteiger partial charge in [-0.3, -0.25) is 9.10 Å². The van der Waals surface area contributed by atoms with Gasteiger partial charge in [0.1, 0.15) is 6.54 Å². The van der Waals surface area contributed by atoms with Gasteiger partial charge in [-0.1, -0.05) is 41.4 Å². The molecule has 1 atom stereocenters. The second kappa shape index (κ2) is 9.13. The Morgan fingerprint density at radius 1 is 1.18 bits per heavy atom. The summed E-state index contributed by atoms with van der Waals surface area (Å²) < 4.78 is 32.9. The average Bonchev–Trinajstić information content (AvgIpc) is 3.19. The van der Waals surface area contributed by atoms with Gasteiger partial charge >= 0.3 is 0 Å². The molecule has 0 saturated carbocycles. The molecule has 2 aromatic rings. The maximum absolute atomic E-state index is 13.2. The van der Waals surface area contributed by atoms with E-state index in [1.165, 1.54) is 30.3 Å². The predicted molar refractivity (Wildman–Crippen MR) is 109 cm³/mol. The Kier molecular flexibility index (Phi) is 6.82. The molecule has 1 fully saturated rings. The Morgan fingerprint density at radius 3 is 2.57 bits per heavy atom. The van der Waals surface area contributed by atoms with E-state index < -0.39 is 22.5 Å². The summed E-state index contributed by atoms with van der Waals surface area (Å²) in [7, 11) is -4.01. The van der Waals surface area contributed by atoms with Gasteiger partial charge in [0.2, 0.25) is 5.91 Å². The lowest BCUT2D eigenvalue weighted by Crippen LogP contribution is -2.43. The average molecular weight is 443 g/mol. The molecule has 28 heavy (non-hydrogen) atoms. The van der Waals surface area contributed by atoms with Crippen LogP contribution in [-0.2, 0) is 19.6 Å². The highest BCUT2D eigenvalue weighted by Gasteiger charge is 2.29. The zero-order valence-corrected chi connectivity index (χ0v) is 17.3. The van der Waals surface area contributed by atoms with Crippen LogP contribution in [0.3, 0.4) is 0 Å². The van der Waals surface area contributed by atoms with Crippen LogP contribution in [0, 0.1) is 0 Å². The number of rotatable bonds is 7. The first kappa shape index (κ1) is 20.9. The van der Waals surface area contributed by atoms with Crippen LogP contribution in [0.2, 0.25) is 10.0 Å². The van der Waals surface area contributed by atoms with Gasteiger partial charge < -0.3 is 10.1 Å². The summed E-state index contributed by atoms with van der Waals surface area (Å²) in [5.41, 5.74) is 0.183.